The predicted octanol–water partition coefficient (Wildman–Crippen LogP) is 1.63. The zero-order chi connectivity index (χ0) is 9.84. The summed E-state index contributed by atoms with van der Waals surface area (Å²) >= 11 is 5.94. The molecule has 0 unspecified atom stereocenters. The number of nitrogen functional groups attached to an aromatic ring is 1. The zero-order valence-corrected chi connectivity index (χ0v) is 8.23. The van der Waals surface area contributed by atoms with Gasteiger partial charge in [-0.1, -0.05) is 11.6 Å². The molecule has 0 heterocycles. The van der Waals surface area contributed by atoms with Crippen LogP contribution >= 0.6 is 11.6 Å². The first-order valence-electron chi connectivity index (χ1n) is 4.05. The molecule has 0 fully saturated rings. The van der Waals surface area contributed by atoms with Crippen molar-refractivity contribution in [2.45, 2.75) is 6.92 Å². The number of benzene rings is 1. The third-order valence-electron chi connectivity index (χ3n) is 1.78. The number of nitrogens with two attached hydrogens (primary N) is 1. The van der Waals surface area contributed by atoms with Gasteiger partial charge in [0.25, 0.3) is 0 Å². The van der Waals surface area contributed by atoms with Crippen LogP contribution in [0, 0.1) is 6.92 Å². The molecular formula is C9H13ClN2O. The molecule has 0 aliphatic carbocycles. The molecular weight excluding hydrogens is 188 g/mol. The summed E-state index contributed by atoms with van der Waals surface area (Å²) in [5.74, 6) is 0. The first-order chi connectivity index (χ1) is 6.15. The fraction of sp³-hybridized carbons (Fsp3) is 0.333. The second-order valence-corrected chi connectivity index (χ2v) is 3.25. The third-order valence-corrected chi connectivity index (χ3v) is 2.10. The second kappa shape index (κ2) is 4.35. The fourth-order valence-electron chi connectivity index (χ4n) is 1.02. The van der Waals surface area contributed by atoms with Crippen molar-refractivity contribution in [3.8, 4) is 0 Å². The van der Waals surface area contributed by atoms with Gasteiger partial charge in [-0.3, -0.25) is 0 Å². The van der Waals surface area contributed by atoms with Crippen LogP contribution in [0.4, 0.5) is 11.4 Å². The number of rotatable bonds is 3. The van der Waals surface area contributed by atoms with Gasteiger partial charge in [0.1, 0.15) is 0 Å². The summed E-state index contributed by atoms with van der Waals surface area (Å²) in [4.78, 5) is 0. The average Bonchev–Trinajstić information content (AvgIpc) is 2.09. The van der Waals surface area contributed by atoms with E-state index in [1.54, 1.807) is 12.1 Å². The number of aryl methyl sites for hydroxylation is 1. The number of nitrogens with one attached hydrogen (secondary N) is 1. The van der Waals surface area contributed by atoms with E-state index in [-0.39, 0.29) is 6.61 Å². The summed E-state index contributed by atoms with van der Waals surface area (Å²) in [6.45, 7) is 2.45. The van der Waals surface area contributed by atoms with Gasteiger partial charge in [0.15, 0.2) is 0 Å². The van der Waals surface area contributed by atoms with Crippen molar-refractivity contribution in [2.75, 3.05) is 24.2 Å². The highest BCUT2D eigenvalue weighted by atomic mass is 35.5. The number of aliphatic hydroxyl groups is 1. The number of hydrogen-bond donors (Lipinski definition) is 3. The lowest BCUT2D eigenvalue weighted by atomic mass is 10.2. The molecule has 3 nitrogen and oxygen atoms in total. The maximum Gasteiger partial charge on any atom is 0.0641 e. The molecule has 0 radical (unpaired) electrons. The van der Waals surface area contributed by atoms with Gasteiger partial charge in [0.05, 0.1) is 17.3 Å². The van der Waals surface area contributed by atoms with Gasteiger partial charge in [0.2, 0.25) is 0 Å². The quantitative estimate of drug-likeness (QED) is 0.651. The van der Waals surface area contributed by atoms with E-state index in [1.165, 1.54) is 0 Å². The van der Waals surface area contributed by atoms with Gasteiger partial charge in [0, 0.05) is 12.2 Å². The van der Waals surface area contributed by atoms with Gasteiger partial charge in [-0.2, -0.15) is 0 Å². The maximum absolute atomic E-state index is 8.61. The Morgan fingerprint density at radius 3 is 2.85 bits per heavy atom. The van der Waals surface area contributed by atoms with E-state index in [2.05, 4.69) is 5.32 Å². The van der Waals surface area contributed by atoms with Crippen molar-refractivity contribution >= 4 is 23.0 Å². The van der Waals surface area contributed by atoms with Crippen molar-refractivity contribution in [3.05, 3.63) is 22.7 Å². The van der Waals surface area contributed by atoms with Crippen LogP contribution < -0.4 is 11.1 Å². The highest BCUT2D eigenvalue weighted by Gasteiger charge is 2.02. The topological polar surface area (TPSA) is 58.3 Å². The first-order valence-corrected chi connectivity index (χ1v) is 4.43. The highest BCUT2D eigenvalue weighted by molar-refractivity contribution is 6.33. The molecule has 0 spiro atoms. The maximum atomic E-state index is 8.61. The molecule has 13 heavy (non-hydrogen) atoms. The standard InChI is InChI=1S/C9H13ClN2O/c1-6-4-7(10)9(5-8(6)11)12-2-3-13/h4-5,12-13H,2-3,11H2,1H3. The summed E-state index contributed by atoms with van der Waals surface area (Å²) in [6, 6.07) is 3.57. The van der Waals surface area contributed by atoms with Gasteiger partial charge < -0.3 is 16.2 Å². The molecule has 0 saturated carbocycles. The average molecular weight is 201 g/mol. The van der Waals surface area contributed by atoms with Crippen molar-refractivity contribution in [1.82, 2.24) is 0 Å². The summed E-state index contributed by atoms with van der Waals surface area (Å²) in [6.07, 6.45) is 0. The zero-order valence-electron chi connectivity index (χ0n) is 7.47. The van der Waals surface area contributed by atoms with E-state index in [4.69, 9.17) is 22.4 Å². The molecule has 0 atom stereocenters. The Kier molecular flexibility index (Phi) is 3.39. The van der Waals surface area contributed by atoms with E-state index in [9.17, 15) is 0 Å². The minimum Gasteiger partial charge on any atom is -0.398 e. The molecule has 0 aliphatic rings. The molecule has 0 amide bonds. The minimum absolute atomic E-state index is 0.0735. The van der Waals surface area contributed by atoms with Gasteiger partial charge >= 0.3 is 0 Å². The van der Waals surface area contributed by atoms with E-state index in [0.29, 0.717) is 17.3 Å². The van der Waals surface area contributed by atoms with Crippen LogP contribution in [-0.2, 0) is 0 Å². The summed E-state index contributed by atoms with van der Waals surface area (Å²) < 4.78 is 0. The van der Waals surface area contributed by atoms with E-state index < -0.39 is 0 Å². The van der Waals surface area contributed by atoms with Crippen LogP contribution in [-0.4, -0.2) is 18.3 Å². The molecule has 0 bridgehead atoms. The monoisotopic (exact) mass is 200 g/mol. The Bertz CT molecular complexity index is 302. The largest absolute Gasteiger partial charge is 0.398 e. The minimum atomic E-state index is 0.0735. The molecule has 0 saturated heterocycles. The van der Waals surface area contributed by atoms with Crippen LogP contribution in [0.1, 0.15) is 5.56 Å². The van der Waals surface area contributed by atoms with Crippen LogP contribution in [0.25, 0.3) is 0 Å². The lowest BCUT2D eigenvalue weighted by Crippen LogP contribution is -2.06. The summed E-state index contributed by atoms with van der Waals surface area (Å²) in [7, 11) is 0. The highest BCUT2D eigenvalue weighted by Crippen LogP contribution is 2.26. The van der Waals surface area contributed by atoms with Crippen molar-refractivity contribution < 1.29 is 5.11 Å². The van der Waals surface area contributed by atoms with Crippen LogP contribution in [0.3, 0.4) is 0 Å². The Morgan fingerprint density at radius 2 is 2.23 bits per heavy atom. The summed E-state index contributed by atoms with van der Waals surface area (Å²) in [5.41, 5.74) is 8.12. The van der Waals surface area contributed by atoms with Crippen LogP contribution in [0.15, 0.2) is 12.1 Å². The SMILES string of the molecule is Cc1cc(Cl)c(NCCO)cc1N. The molecule has 1 rings (SSSR count). The van der Waals surface area contributed by atoms with E-state index in [1.807, 2.05) is 6.92 Å². The lowest BCUT2D eigenvalue weighted by Gasteiger charge is -2.09. The van der Waals surface area contributed by atoms with E-state index >= 15 is 0 Å². The number of hydrogen-bond acceptors (Lipinski definition) is 3. The molecule has 0 aromatic heterocycles. The molecule has 1 aromatic rings. The van der Waals surface area contributed by atoms with Crippen molar-refractivity contribution in [2.24, 2.45) is 0 Å². The molecule has 1 aromatic carbocycles. The van der Waals surface area contributed by atoms with Gasteiger partial charge in [-0.25, -0.2) is 0 Å². The normalized spacial score (nSPS) is 10.1. The Morgan fingerprint density at radius 1 is 1.54 bits per heavy atom. The van der Waals surface area contributed by atoms with Crippen LogP contribution in [0.2, 0.25) is 5.02 Å². The molecule has 0 aliphatic heterocycles. The van der Waals surface area contributed by atoms with Crippen molar-refractivity contribution in [1.29, 1.82) is 0 Å². The predicted molar refractivity (Wildman–Crippen MR) is 56.2 cm³/mol. The third kappa shape index (κ3) is 2.50. The number of halogens is 1. The molecule has 4 heteroatoms. The van der Waals surface area contributed by atoms with Crippen molar-refractivity contribution in [3.63, 3.8) is 0 Å². The van der Waals surface area contributed by atoms with Crippen LogP contribution in [0.5, 0.6) is 0 Å². The Labute approximate surface area is 82.5 Å². The first kappa shape index (κ1) is 10.2. The number of aliphatic hydroxyl groups excluding tert-OH is 1. The summed E-state index contributed by atoms with van der Waals surface area (Å²) in [5, 5.41) is 12.2. The molecule has 72 valence electrons. The van der Waals surface area contributed by atoms with Gasteiger partial charge in [-0.15, -0.1) is 0 Å². The van der Waals surface area contributed by atoms with E-state index in [0.717, 1.165) is 11.3 Å². The Hall–Kier alpha value is -0.930. The second-order valence-electron chi connectivity index (χ2n) is 2.84. The fourth-order valence-corrected chi connectivity index (χ4v) is 1.30. The molecule has 4 N–H and O–H groups in total. The Balaban J connectivity index is 2.88. The smallest absolute Gasteiger partial charge is 0.0641 e. The lowest BCUT2D eigenvalue weighted by molar-refractivity contribution is 0.311. The number of anilines is 2. The van der Waals surface area contributed by atoms with Gasteiger partial charge in [-0.05, 0) is 24.6 Å².